The third-order valence-corrected chi connectivity index (χ3v) is 6.87. The summed E-state index contributed by atoms with van der Waals surface area (Å²) in [4.78, 5) is 0. The van der Waals surface area contributed by atoms with Crippen molar-refractivity contribution in [1.82, 2.24) is 0 Å². The van der Waals surface area contributed by atoms with Crippen molar-refractivity contribution in [2.45, 2.75) is 111 Å². The van der Waals surface area contributed by atoms with Gasteiger partial charge in [-0.15, -0.1) is 0 Å². The Kier molecular flexibility index (Phi) is 8.06. The highest BCUT2D eigenvalue weighted by Crippen LogP contribution is 2.49. The summed E-state index contributed by atoms with van der Waals surface area (Å²) in [6.07, 6.45) is 15.9. The molecule has 27 heavy (non-hydrogen) atoms. The van der Waals surface area contributed by atoms with Crippen molar-refractivity contribution in [3.8, 4) is 11.5 Å². The Balaban J connectivity index is 1.78. The van der Waals surface area contributed by atoms with E-state index in [0.717, 1.165) is 36.8 Å². The third kappa shape index (κ3) is 7.76. The Hall–Kier alpha value is -1.18. The molecule has 0 radical (unpaired) electrons. The van der Waals surface area contributed by atoms with Crippen LogP contribution in [0.1, 0.15) is 109 Å². The van der Waals surface area contributed by atoms with E-state index in [9.17, 15) is 10.2 Å². The number of aromatic hydroxyl groups is 2. The van der Waals surface area contributed by atoms with Crippen LogP contribution < -0.4 is 0 Å². The lowest BCUT2D eigenvalue weighted by Gasteiger charge is -2.22. The van der Waals surface area contributed by atoms with Gasteiger partial charge in [-0.05, 0) is 79.4 Å². The quantitative estimate of drug-likeness (QED) is 0.350. The zero-order valence-electron chi connectivity index (χ0n) is 18.2. The van der Waals surface area contributed by atoms with E-state index >= 15 is 0 Å². The summed E-state index contributed by atoms with van der Waals surface area (Å²) in [6.45, 7) is 9.37. The largest absolute Gasteiger partial charge is 0.508 e. The van der Waals surface area contributed by atoms with Crippen LogP contribution in [-0.4, -0.2) is 10.2 Å². The maximum absolute atomic E-state index is 10.3. The molecule has 0 unspecified atom stereocenters. The van der Waals surface area contributed by atoms with Crippen molar-refractivity contribution < 1.29 is 10.2 Å². The summed E-state index contributed by atoms with van der Waals surface area (Å²) in [5, 5.41) is 20.3. The lowest BCUT2D eigenvalue weighted by molar-refractivity contribution is 0.308. The zero-order chi connectivity index (χ0) is 19.9. The third-order valence-electron chi connectivity index (χ3n) is 6.87. The monoisotopic (exact) mass is 374 g/mol. The van der Waals surface area contributed by atoms with Gasteiger partial charge in [0.05, 0.1) is 0 Å². The molecule has 0 aliphatic heterocycles. The minimum absolute atomic E-state index is 0.194. The molecule has 1 aromatic rings. The molecule has 1 aliphatic rings. The molecule has 1 fully saturated rings. The number of unbranched alkanes of at least 4 members (excludes halogenated alkanes) is 4. The second-order valence-electron chi connectivity index (χ2n) is 10.1. The van der Waals surface area contributed by atoms with E-state index in [4.69, 9.17) is 0 Å². The second-order valence-corrected chi connectivity index (χ2v) is 10.1. The first-order valence-electron chi connectivity index (χ1n) is 11.3. The molecule has 1 aliphatic carbocycles. The first kappa shape index (κ1) is 22.1. The second kappa shape index (κ2) is 9.85. The molecule has 1 aromatic carbocycles. The highest BCUT2D eigenvalue weighted by molar-refractivity contribution is 5.45. The summed E-state index contributed by atoms with van der Waals surface area (Å²) >= 11 is 0. The Bertz CT molecular complexity index is 584. The van der Waals surface area contributed by atoms with Crippen LogP contribution in [0.3, 0.4) is 0 Å². The fraction of sp³-hybridized carbons (Fsp3) is 0.760. The molecule has 2 rings (SSSR count). The van der Waals surface area contributed by atoms with Gasteiger partial charge in [0.2, 0.25) is 0 Å². The molecule has 2 heteroatoms. The van der Waals surface area contributed by atoms with Crippen LogP contribution in [0.4, 0.5) is 0 Å². The average molecular weight is 375 g/mol. The molecular formula is C25H42O2. The summed E-state index contributed by atoms with van der Waals surface area (Å²) in [5.41, 5.74) is 3.32. The van der Waals surface area contributed by atoms with Crippen LogP contribution in [0.2, 0.25) is 0 Å². The van der Waals surface area contributed by atoms with Gasteiger partial charge in [-0.25, -0.2) is 0 Å². The van der Waals surface area contributed by atoms with E-state index in [1.165, 1.54) is 63.9 Å². The molecule has 0 amide bonds. The fourth-order valence-electron chi connectivity index (χ4n) is 3.98. The van der Waals surface area contributed by atoms with Gasteiger partial charge in [0.1, 0.15) is 11.5 Å². The van der Waals surface area contributed by atoms with Gasteiger partial charge >= 0.3 is 0 Å². The molecule has 2 nitrogen and oxygen atoms in total. The summed E-state index contributed by atoms with van der Waals surface area (Å²) < 4.78 is 0. The first-order chi connectivity index (χ1) is 12.7. The van der Waals surface area contributed by atoms with Crippen LogP contribution in [0.5, 0.6) is 11.5 Å². The molecule has 0 saturated heterocycles. The number of phenolic OH excluding ortho intramolecular Hbond substituents is 2. The predicted octanol–water partition coefficient (Wildman–Crippen LogP) is 7.54. The summed E-state index contributed by atoms with van der Waals surface area (Å²) in [5.74, 6) is 0.478. The Morgan fingerprint density at radius 3 is 2.26 bits per heavy atom. The fourth-order valence-corrected chi connectivity index (χ4v) is 3.98. The minimum atomic E-state index is 0.194. The standard InChI is InChI=1S/C25H42O2/c1-5-24(2,3)14-10-6-8-12-20-18-21(26)19-23(27)22(20)13-9-7-11-15-25(4)16-17-25/h18-19,26-27H,5-17H2,1-4H3. The highest BCUT2D eigenvalue weighted by atomic mass is 16.3. The first-order valence-corrected chi connectivity index (χ1v) is 11.3. The van der Waals surface area contributed by atoms with Gasteiger partial charge in [-0.3, -0.25) is 0 Å². The van der Waals surface area contributed by atoms with Crippen molar-refractivity contribution >= 4 is 0 Å². The van der Waals surface area contributed by atoms with Gasteiger partial charge in [0, 0.05) is 6.07 Å². The number of rotatable bonds is 13. The summed E-state index contributed by atoms with van der Waals surface area (Å²) in [7, 11) is 0. The topological polar surface area (TPSA) is 40.5 Å². The molecule has 0 bridgehead atoms. The number of benzene rings is 1. The van der Waals surface area contributed by atoms with Crippen LogP contribution >= 0.6 is 0 Å². The van der Waals surface area contributed by atoms with Crippen LogP contribution in [0.25, 0.3) is 0 Å². The zero-order valence-corrected chi connectivity index (χ0v) is 18.2. The highest BCUT2D eigenvalue weighted by Gasteiger charge is 2.35. The average Bonchev–Trinajstić information content (AvgIpc) is 3.33. The van der Waals surface area contributed by atoms with Crippen molar-refractivity contribution in [3.63, 3.8) is 0 Å². The normalized spacial score (nSPS) is 15.9. The lowest BCUT2D eigenvalue weighted by Crippen LogP contribution is -2.08. The van der Waals surface area contributed by atoms with E-state index in [1.807, 2.05) is 6.07 Å². The molecule has 154 valence electrons. The van der Waals surface area contributed by atoms with Gasteiger partial charge in [0.25, 0.3) is 0 Å². The number of aryl methyl sites for hydroxylation is 1. The Labute approximate surface area is 167 Å². The molecule has 0 aromatic heterocycles. The lowest BCUT2D eigenvalue weighted by atomic mass is 9.84. The van der Waals surface area contributed by atoms with E-state index in [2.05, 4.69) is 27.7 Å². The van der Waals surface area contributed by atoms with E-state index < -0.39 is 0 Å². The molecule has 0 heterocycles. The number of hydrogen-bond acceptors (Lipinski definition) is 2. The summed E-state index contributed by atoms with van der Waals surface area (Å²) in [6, 6.07) is 3.38. The van der Waals surface area contributed by atoms with Crippen LogP contribution in [-0.2, 0) is 12.8 Å². The molecule has 0 atom stereocenters. The predicted molar refractivity (Wildman–Crippen MR) is 116 cm³/mol. The maximum Gasteiger partial charge on any atom is 0.122 e. The van der Waals surface area contributed by atoms with Gasteiger partial charge < -0.3 is 10.2 Å². The van der Waals surface area contributed by atoms with Gasteiger partial charge in [0.15, 0.2) is 0 Å². The SMILES string of the molecule is CCC(C)(C)CCCCCc1cc(O)cc(O)c1CCCCCC1(C)CC1. The molecule has 1 saturated carbocycles. The minimum Gasteiger partial charge on any atom is -0.508 e. The number of hydrogen-bond donors (Lipinski definition) is 2. The van der Waals surface area contributed by atoms with Crippen molar-refractivity contribution in [2.24, 2.45) is 10.8 Å². The van der Waals surface area contributed by atoms with Gasteiger partial charge in [-0.1, -0.05) is 59.8 Å². The Morgan fingerprint density at radius 1 is 0.926 bits per heavy atom. The Morgan fingerprint density at radius 2 is 1.59 bits per heavy atom. The van der Waals surface area contributed by atoms with Gasteiger partial charge in [-0.2, -0.15) is 0 Å². The van der Waals surface area contributed by atoms with E-state index in [-0.39, 0.29) is 11.5 Å². The van der Waals surface area contributed by atoms with Crippen LogP contribution in [0, 0.1) is 10.8 Å². The van der Waals surface area contributed by atoms with Crippen molar-refractivity contribution in [3.05, 3.63) is 23.3 Å². The van der Waals surface area contributed by atoms with E-state index in [1.54, 1.807) is 0 Å². The molecule has 2 N–H and O–H groups in total. The maximum atomic E-state index is 10.3. The molecular weight excluding hydrogens is 332 g/mol. The van der Waals surface area contributed by atoms with E-state index in [0.29, 0.717) is 10.8 Å². The smallest absolute Gasteiger partial charge is 0.122 e. The number of phenols is 2. The molecule has 0 spiro atoms. The van der Waals surface area contributed by atoms with Crippen molar-refractivity contribution in [1.29, 1.82) is 0 Å². The van der Waals surface area contributed by atoms with Crippen molar-refractivity contribution in [2.75, 3.05) is 0 Å². The van der Waals surface area contributed by atoms with Crippen LogP contribution in [0.15, 0.2) is 12.1 Å².